The van der Waals surface area contributed by atoms with E-state index < -0.39 is 0 Å². The van der Waals surface area contributed by atoms with Crippen LogP contribution in [0.1, 0.15) is 11.5 Å². The van der Waals surface area contributed by atoms with Crippen LogP contribution in [0.25, 0.3) is 5.65 Å². The van der Waals surface area contributed by atoms with E-state index in [-0.39, 0.29) is 12.3 Å². The summed E-state index contributed by atoms with van der Waals surface area (Å²) in [4.78, 5) is 20.1. The Morgan fingerprint density at radius 2 is 2.30 bits per heavy atom. The van der Waals surface area contributed by atoms with Crippen molar-refractivity contribution in [3.05, 3.63) is 34.3 Å². The average Bonchev–Trinajstić information content (AvgIpc) is 2.95. The first-order chi connectivity index (χ1) is 9.60. The van der Waals surface area contributed by atoms with Crippen LogP contribution in [-0.2, 0) is 13.7 Å². The Bertz CT molecular complexity index is 833. The highest BCUT2D eigenvalue weighted by Gasteiger charge is 2.11. The van der Waals surface area contributed by atoms with Crippen molar-refractivity contribution in [2.45, 2.75) is 23.7 Å². The van der Waals surface area contributed by atoms with Gasteiger partial charge in [-0.2, -0.15) is 5.10 Å². The smallest absolute Gasteiger partial charge is 0.349 e. The van der Waals surface area contributed by atoms with E-state index in [1.807, 2.05) is 7.05 Å². The molecule has 0 atom stereocenters. The van der Waals surface area contributed by atoms with Gasteiger partial charge >= 0.3 is 5.69 Å². The third kappa shape index (κ3) is 2.00. The van der Waals surface area contributed by atoms with Crippen LogP contribution in [0.3, 0.4) is 0 Å². The van der Waals surface area contributed by atoms with E-state index in [1.165, 1.54) is 16.2 Å². The van der Waals surface area contributed by atoms with E-state index in [2.05, 4.69) is 20.2 Å². The van der Waals surface area contributed by atoms with Crippen LogP contribution in [0.4, 0.5) is 0 Å². The molecule has 0 aliphatic carbocycles. The topological polar surface area (TPSA) is 101 Å². The minimum absolute atomic E-state index is 0.0652. The van der Waals surface area contributed by atoms with Crippen molar-refractivity contribution in [1.29, 1.82) is 0 Å². The highest BCUT2D eigenvalue weighted by molar-refractivity contribution is 7.99. The van der Waals surface area contributed by atoms with Gasteiger partial charge in [-0.15, -0.1) is 0 Å². The molecule has 0 spiro atoms. The van der Waals surface area contributed by atoms with E-state index in [0.29, 0.717) is 21.7 Å². The minimum Gasteiger partial charge on any atom is -0.390 e. The predicted molar refractivity (Wildman–Crippen MR) is 71.6 cm³/mol. The van der Waals surface area contributed by atoms with E-state index in [0.717, 1.165) is 5.69 Å². The number of imidazole rings is 1. The first-order valence-corrected chi connectivity index (χ1v) is 6.66. The summed E-state index contributed by atoms with van der Waals surface area (Å²) in [6, 6.07) is 1.71. The first kappa shape index (κ1) is 12.9. The van der Waals surface area contributed by atoms with Gasteiger partial charge < -0.3 is 9.67 Å². The zero-order valence-electron chi connectivity index (χ0n) is 10.9. The van der Waals surface area contributed by atoms with Crippen molar-refractivity contribution in [3.8, 4) is 0 Å². The van der Waals surface area contributed by atoms with Gasteiger partial charge in [0.1, 0.15) is 10.9 Å². The molecule has 0 radical (unpaired) electrons. The second-order valence-electron chi connectivity index (χ2n) is 4.22. The predicted octanol–water partition coefficient (Wildman–Crippen LogP) is 0.103. The number of nitrogens with one attached hydrogen (secondary N) is 1. The van der Waals surface area contributed by atoms with Crippen LogP contribution in [0.5, 0.6) is 0 Å². The lowest BCUT2D eigenvalue weighted by Gasteiger charge is -2.04. The van der Waals surface area contributed by atoms with Gasteiger partial charge in [-0.05, 0) is 18.7 Å². The van der Waals surface area contributed by atoms with Gasteiger partial charge in [0.05, 0.1) is 18.5 Å². The molecule has 0 fully saturated rings. The zero-order chi connectivity index (χ0) is 14.3. The monoisotopic (exact) mass is 292 g/mol. The Morgan fingerprint density at radius 1 is 1.50 bits per heavy atom. The van der Waals surface area contributed by atoms with E-state index in [9.17, 15) is 4.79 Å². The summed E-state index contributed by atoms with van der Waals surface area (Å²) >= 11 is 1.35. The summed E-state index contributed by atoms with van der Waals surface area (Å²) in [5, 5.41) is 16.9. The van der Waals surface area contributed by atoms with Crippen molar-refractivity contribution < 1.29 is 5.11 Å². The molecule has 0 unspecified atom stereocenters. The molecule has 9 heteroatoms. The number of aromatic amines is 1. The maximum Gasteiger partial charge on any atom is 0.349 e. The van der Waals surface area contributed by atoms with E-state index in [1.54, 1.807) is 23.8 Å². The van der Waals surface area contributed by atoms with Crippen LogP contribution in [-0.4, -0.2) is 34.2 Å². The summed E-state index contributed by atoms with van der Waals surface area (Å²) < 4.78 is 3.20. The zero-order valence-corrected chi connectivity index (χ0v) is 11.7. The summed E-state index contributed by atoms with van der Waals surface area (Å²) in [6.45, 7) is 1.68. The third-order valence-corrected chi connectivity index (χ3v) is 3.93. The number of aryl methyl sites for hydroxylation is 1. The van der Waals surface area contributed by atoms with Crippen molar-refractivity contribution in [2.75, 3.05) is 0 Å². The number of aliphatic hydroxyl groups excluding tert-OH is 1. The molecule has 8 nitrogen and oxygen atoms in total. The molecule has 0 aromatic carbocycles. The molecule has 3 rings (SSSR count). The van der Waals surface area contributed by atoms with Gasteiger partial charge in [0.25, 0.3) is 0 Å². The van der Waals surface area contributed by atoms with Gasteiger partial charge in [0, 0.05) is 13.1 Å². The summed E-state index contributed by atoms with van der Waals surface area (Å²) in [6.07, 6.45) is 1.62. The van der Waals surface area contributed by atoms with Crippen molar-refractivity contribution >= 4 is 17.4 Å². The summed E-state index contributed by atoms with van der Waals surface area (Å²) in [5.74, 6) is 0.556. The molecule has 104 valence electrons. The molecule has 0 aliphatic rings. The average molecular weight is 292 g/mol. The number of nitrogens with zero attached hydrogens (tertiary/aromatic N) is 5. The Kier molecular flexibility index (Phi) is 3.07. The Morgan fingerprint density at radius 3 is 3.00 bits per heavy atom. The lowest BCUT2D eigenvalue weighted by Crippen LogP contribution is -2.13. The van der Waals surface area contributed by atoms with Crippen LogP contribution < -0.4 is 5.69 Å². The maximum absolute atomic E-state index is 11.5. The second-order valence-corrected chi connectivity index (χ2v) is 5.20. The van der Waals surface area contributed by atoms with Gasteiger partial charge in [0.15, 0.2) is 10.8 Å². The number of H-pyrrole nitrogens is 1. The maximum atomic E-state index is 11.5. The first-order valence-electron chi connectivity index (χ1n) is 5.84. The number of hydrogen-bond donors (Lipinski definition) is 2. The Labute approximate surface area is 117 Å². The Balaban J connectivity index is 2.02. The fourth-order valence-electron chi connectivity index (χ4n) is 1.88. The molecule has 0 aliphatic heterocycles. The number of aliphatic hydroxyl groups is 1. The fourth-order valence-corrected chi connectivity index (χ4v) is 2.77. The molecular formula is C11H12N6O2S. The van der Waals surface area contributed by atoms with Gasteiger partial charge in [-0.1, -0.05) is 0 Å². The van der Waals surface area contributed by atoms with Crippen LogP contribution in [0.2, 0.25) is 0 Å². The molecule has 2 N–H and O–H groups in total. The lowest BCUT2D eigenvalue weighted by molar-refractivity contribution is 0.271. The van der Waals surface area contributed by atoms with E-state index >= 15 is 0 Å². The quantitative estimate of drug-likeness (QED) is 0.664. The number of rotatable bonds is 3. The molecule has 3 heterocycles. The highest BCUT2D eigenvalue weighted by atomic mass is 32.2. The summed E-state index contributed by atoms with van der Waals surface area (Å²) in [7, 11) is 1.82. The fraction of sp³-hybridized carbons (Fsp3) is 0.273. The molecule has 3 aromatic heterocycles. The van der Waals surface area contributed by atoms with E-state index in [4.69, 9.17) is 5.11 Å². The molecular weight excluding hydrogens is 280 g/mol. The van der Waals surface area contributed by atoms with Crippen molar-refractivity contribution in [2.24, 2.45) is 7.05 Å². The number of hydrogen-bond acceptors (Lipinski definition) is 6. The van der Waals surface area contributed by atoms with Gasteiger partial charge in [-0.25, -0.2) is 24.3 Å². The molecule has 0 bridgehead atoms. The highest BCUT2D eigenvalue weighted by Crippen LogP contribution is 2.25. The molecule has 20 heavy (non-hydrogen) atoms. The molecule has 0 saturated carbocycles. The Hall–Kier alpha value is -2.13. The second kappa shape index (κ2) is 4.76. The van der Waals surface area contributed by atoms with Crippen molar-refractivity contribution in [1.82, 2.24) is 29.1 Å². The van der Waals surface area contributed by atoms with Crippen LogP contribution >= 0.6 is 11.8 Å². The largest absolute Gasteiger partial charge is 0.390 e. The molecule has 0 saturated heterocycles. The third-order valence-electron chi connectivity index (χ3n) is 2.95. The summed E-state index contributed by atoms with van der Waals surface area (Å²) in [5.41, 5.74) is 0.934. The SMILES string of the molecule is Cc1nc(Sc2ncc(CO)n2C)cc2n[nH]c(=O)n12. The standard InChI is InChI=1S/C11H12N6O2S/c1-6-13-9(3-8-14-15-10(19)17(6)8)20-11-12-4-7(5-18)16(11)2/h3-4,18H,5H2,1-2H3,(H,15,19). The normalized spacial score (nSPS) is 11.3. The van der Waals surface area contributed by atoms with Crippen LogP contribution in [0.15, 0.2) is 27.2 Å². The van der Waals surface area contributed by atoms with Gasteiger partial charge in [-0.3, -0.25) is 0 Å². The number of fused-ring (bicyclic) bond motifs is 1. The van der Waals surface area contributed by atoms with Crippen LogP contribution in [0, 0.1) is 6.92 Å². The van der Waals surface area contributed by atoms with Crippen molar-refractivity contribution in [3.63, 3.8) is 0 Å². The van der Waals surface area contributed by atoms with Gasteiger partial charge in [0.2, 0.25) is 0 Å². The minimum atomic E-state index is -0.305. The molecule has 0 amide bonds. The molecule has 3 aromatic rings. The lowest BCUT2D eigenvalue weighted by atomic mass is 10.5. The number of aromatic nitrogens is 6.